The summed E-state index contributed by atoms with van der Waals surface area (Å²) in [5.74, 6) is 0.759. The van der Waals surface area contributed by atoms with Crippen molar-refractivity contribution in [2.24, 2.45) is 5.92 Å². The lowest BCUT2D eigenvalue weighted by Gasteiger charge is -2.31. The molecule has 1 aliphatic rings. The molecule has 0 radical (unpaired) electrons. The van der Waals surface area contributed by atoms with Crippen LogP contribution in [0.4, 0.5) is 0 Å². The lowest BCUT2D eigenvalue weighted by atomic mass is 10.1. The highest BCUT2D eigenvalue weighted by molar-refractivity contribution is 4.73. The number of ether oxygens (including phenoxy) is 1. The predicted molar refractivity (Wildman–Crippen MR) is 68.8 cm³/mol. The van der Waals surface area contributed by atoms with Gasteiger partial charge in [0.1, 0.15) is 0 Å². The smallest absolute Gasteiger partial charge is 0.0478 e. The molecule has 0 saturated carbocycles. The summed E-state index contributed by atoms with van der Waals surface area (Å²) in [6.45, 7) is 13.2. The Morgan fingerprint density at radius 2 is 2.19 bits per heavy atom. The average Bonchev–Trinajstić information content (AvgIpc) is 2.26. The van der Waals surface area contributed by atoms with Crippen molar-refractivity contribution < 1.29 is 4.74 Å². The molecule has 0 aromatic carbocycles. The summed E-state index contributed by atoms with van der Waals surface area (Å²) in [5.41, 5.74) is 0. The minimum Gasteiger partial charge on any atom is -0.382 e. The van der Waals surface area contributed by atoms with Crippen LogP contribution in [0.1, 0.15) is 33.6 Å². The molecule has 1 fully saturated rings. The van der Waals surface area contributed by atoms with Crippen LogP contribution < -0.4 is 5.32 Å². The molecule has 3 heteroatoms. The van der Waals surface area contributed by atoms with Crippen LogP contribution in [0.25, 0.3) is 0 Å². The van der Waals surface area contributed by atoms with Crippen molar-refractivity contribution in [3.63, 3.8) is 0 Å². The van der Waals surface area contributed by atoms with Gasteiger partial charge in [0.25, 0.3) is 0 Å². The first-order valence-corrected chi connectivity index (χ1v) is 6.75. The molecule has 96 valence electrons. The molecular weight excluding hydrogens is 200 g/mol. The summed E-state index contributed by atoms with van der Waals surface area (Å²) in [6, 6.07) is 0.664. The lowest BCUT2D eigenvalue weighted by molar-refractivity contribution is 0.124. The summed E-state index contributed by atoms with van der Waals surface area (Å²) in [5, 5.41) is 3.58. The van der Waals surface area contributed by atoms with Gasteiger partial charge in [-0.15, -0.1) is 0 Å². The molecule has 2 atom stereocenters. The zero-order valence-corrected chi connectivity index (χ0v) is 11.2. The molecule has 0 aliphatic carbocycles. The zero-order valence-electron chi connectivity index (χ0n) is 11.2. The van der Waals surface area contributed by atoms with Crippen molar-refractivity contribution in [3.05, 3.63) is 0 Å². The highest BCUT2D eigenvalue weighted by Crippen LogP contribution is 2.07. The number of hydrogen-bond donors (Lipinski definition) is 1. The first-order chi connectivity index (χ1) is 7.72. The maximum Gasteiger partial charge on any atom is 0.0478 e. The normalized spacial score (nSPS) is 28.7. The summed E-state index contributed by atoms with van der Waals surface area (Å²) in [7, 11) is 0. The average molecular weight is 228 g/mol. The van der Waals surface area contributed by atoms with E-state index in [1.165, 1.54) is 32.5 Å². The van der Waals surface area contributed by atoms with Crippen LogP contribution >= 0.6 is 0 Å². The molecule has 16 heavy (non-hydrogen) atoms. The molecule has 3 nitrogen and oxygen atoms in total. The fourth-order valence-electron chi connectivity index (χ4n) is 2.21. The van der Waals surface area contributed by atoms with Crippen molar-refractivity contribution in [2.75, 3.05) is 39.4 Å². The van der Waals surface area contributed by atoms with E-state index < -0.39 is 0 Å². The Labute approximate surface area is 101 Å². The summed E-state index contributed by atoms with van der Waals surface area (Å²) in [4.78, 5) is 2.60. The van der Waals surface area contributed by atoms with E-state index in [9.17, 15) is 0 Å². The van der Waals surface area contributed by atoms with E-state index >= 15 is 0 Å². The Morgan fingerprint density at radius 3 is 2.94 bits per heavy atom. The van der Waals surface area contributed by atoms with E-state index in [0.717, 1.165) is 25.7 Å². The van der Waals surface area contributed by atoms with Gasteiger partial charge in [-0.25, -0.2) is 0 Å². The van der Waals surface area contributed by atoms with Crippen LogP contribution in [-0.2, 0) is 4.74 Å². The van der Waals surface area contributed by atoms with Gasteiger partial charge in [-0.2, -0.15) is 0 Å². The molecule has 1 heterocycles. The van der Waals surface area contributed by atoms with E-state index in [0.29, 0.717) is 6.04 Å². The largest absolute Gasteiger partial charge is 0.382 e. The van der Waals surface area contributed by atoms with E-state index in [-0.39, 0.29) is 0 Å². The van der Waals surface area contributed by atoms with Crippen LogP contribution in [0.15, 0.2) is 0 Å². The van der Waals surface area contributed by atoms with Gasteiger partial charge in [-0.1, -0.05) is 6.92 Å². The maximum absolute atomic E-state index is 5.39. The predicted octanol–water partition coefficient (Wildman–Crippen LogP) is 1.73. The first kappa shape index (κ1) is 13.9. The molecule has 1 aliphatic heterocycles. The number of nitrogens with zero attached hydrogens (tertiary/aromatic N) is 1. The Kier molecular flexibility index (Phi) is 7.01. The van der Waals surface area contributed by atoms with E-state index in [1.54, 1.807) is 0 Å². The molecular formula is C13H28N2O. The number of rotatable bonds is 5. The Balaban J connectivity index is 2.21. The lowest BCUT2D eigenvalue weighted by Crippen LogP contribution is -2.42. The van der Waals surface area contributed by atoms with Crippen LogP contribution in [0, 0.1) is 5.92 Å². The molecule has 0 bridgehead atoms. The van der Waals surface area contributed by atoms with Gasteiger partial charge in [0, 0.05) is 32.3 Å². The molecule has 0 aromatic rings. The van der Waals surface area contributed by atoms with Gasteiger partial charge in [0.2, 0.25) is 0 Å². The molecule has 0 amide bonds. The molecule has 1 rings (SSSR count). The van der Waals surface area contributed by atoms with Gasteiger partial charge < -0.3 is 15.0 Å². The van der Waals surface area contributed by atoms with E-state index in [1.807, 2.05) is 0 Å². The molecule has 1 N–H and O–H groups in total. The Morgan fingerprint density at radius 1 is 1.38 bits per heavy atom. The van der Waals surface area contributed by atoms with Gasteiger partial charge in [-0.3, -0.25) is 0 Å². The third-order valence-electron chi connectivity index (χ3n) is 3.23. The zero-order chi connectivity index (χ0) is 11.8. The van der Waals surface area contributed by atoms with Crippen LogP contribution in [0.3, 0.4) is 0 Å². The third kappa shape index (κ3) is 5.83. The molecule has 2 unspecified atom stereocenters. The van der Waals surface area contributed by atoms with Gasteiger partial charge >= 0.3 is 0 Å². The summed E-state index contributed by atoms with van der Waals surface area (Å²) in [6.07, 6.45) is 2.43. The minimum absolute atomic E-state index is 0.664. The van der Waals surface area contributed by atoms with E-state index in [4.69, 9.17) is 4.74 Å². The Hall–Kier alpha value is -0.120. The quantitative estimate of drug-likeness (QED) is 0.725. The fourth-order valence-corrected chi connectivity index (χ4v) is 2.21. The number of nitrogens with one attached hydrogen (secondary N) is 1. The van der Waals surface area contributed by atoms with Crippen LogP contribution in [-0.4, -0.2) is 50.3 Å². The highest BCUT2D eigenvalue weighted by atomic mass is 16.5. The molecule has 0 aromatic heterocycles. The second-order valence-corrected chi connectivity index (χ2v) is 5.05. The second kappa shape index (κ2) is 8.04. The van der Waals surface area contributed by atoms with Gasteiger partial charge in [0.15, 0.2) is 0 Å². The second-order valence-electron chi connectivity index (χ2n) is 5.05. The Bertz CT molecular complexity index is 175. The van der Waals surface area contributed by atoms with Crippen LogP contribution in [0.2, 0.25) is 0 Å². The SMILES string of the molecule is CCOCCCN1CCC(C)NCC(C)C1. The van der Waals surface area contributed by atoms with Crippen LogP contribution in [0.5, 0.6) is 0 Å². The third-order valence-corrected chi connectivity index (χ3v) is 3.23. The van der Waals surface area contributed by atoms with Gasteiger partial charge in [0.05, 0.1) is 0 Å². The number of hydrogen-bond acceptors (Lipinski definition) is 3. The topological polar surface area (TPSA) is 24.5 Å². The van der Waals surface area contributed by atoms with Crippen molar-refractivity contribution >= 4 is 0 Å². The van der Waals surface area contributed by atoms with Crippen molar-refractivity contribution in [1.82, 2.24) is 10.2 Å². The fraction of sp³-hybridized carbons (Fsp3) is 1.00. The maximum atomic E-state index is 5.39. The minimum atomic E-state index is 0.664. The van der Waals surface area contributed by atoms with Crippen molar-refractivity contribution in [2.45, 2.75) is 39.7 Å². The standard InChI is InChI=1S/C13H28N2O/c1-4-16-9-5-7-15-8-6-13(3)14-10-12(2)11-15/h12-14H,4-11H2,1-3H3. The monoisotopic (exact) mass is 228 g/mol. The highest BCUT2D eigenvalue weighted by Gasteiger charge is 2.15. The van der Waals surface area contributed by atoms with Crippen molar-refractivity contribution in [3.8, 4) is 0 Å². The molecule has 1 saturated heterocycles. The summed E-state index contributed by atoms with van der Waals surface area (Å²) >= 11 is 0. The van der Waals surface area contributed by atoms with Gasteiger partial charge in [-0.05, 0) is 45.7 Å². The first-order valence-electron chi connectivity index (χ1n) is 6.75. The molecule has 0 spiro atoms. The van der Waals surface area contributed by atoms with Crippen molar-refractivity contribution in [1.29, 1.82) is 0 Å². The van der Waals surface area contributed by atoms with E-state index in [2.05, 4.69) is 31.0 Å². The summed E-state index contributed by atoms with van der Waals surface area (Å²) < 4.78 is 5.39.